The molecule has 1 heterocycles. The first kappa shape index (κ1) is 16.3. The third-order valence-electron chi connectivity index (χ3n) is 2.72. The highest BCUT2D eigenvalue weighted by Gasteiger charge is 2.07. The molecule has 0 radical (unpaired) electrons. The maximum Gasteiger partial charge on any atom is 0.338 e. The maximum atomic E-state index is 11.7. The number of halogens is 2. The second-order valence-corrected chi connectivity index (χ2v) is 6.99. The quantitative estimate of drug-likeness (QED) is 0.679. The molecule has 6 heteroatoms. The van der Waals surface area contributed by atoms with Crippen LogP contribution in [0, 0.1) is 0 Å². The fourth-order valence-corrected chi connectivity index (χ4v) is 3.40. The lowest BCUT2D eigenvalue weighted by Gasteiger charge is -2.06. The molecule has 1 aromatic carbocycles. The molecular weight excluding hydrogens is 374 g/mol. The number of esters is 1. The average molecular weight is 389 g/mol. The van der Waals surface area contributed by atoms with Gasteiger partial charge in [0.2, 0.25) is 0 Å². The summed E-state index contributed by atoms with van der Waals surface area (Å²) in [6, 6.07) is 9.26. The Morgan fingerprint density at radius 3 is 2.67 bits per heavy atom. The van der Waals surface area contributed by atoms with Gasteiger partial charge in [0.25, 0.3) is 0 Å². The Morgan fingerprint density at radius 2 is 2.10 bits per heavy atom. The van der Waals surface area contributed by atoms with Gasteiger partial charge in [-0.3, -0.25) is 0 Å². The minimum Gasteiger partial charge on any atom is -0.462 e. The number of hydrogen-bond acceptors (Lipinski definition) is 4. The predicted octanol–water partition coefficient (Wildman–Crippen LogP) is 5.34. The van der Waals surface area contributed by atoms with E-state index < -0.39 is 0 Å². The standard InChI is InChI=1S/C15H15BrClNO2S/c1-2-7-20-15(19)10-3-5-11(6-4-10)18-9-12-8-13(16)14(17)21-12/h3-6,8,18H,2,7,9H2,1H3. The molecule has 112 valence electrons. The van der Waals surface area contributed by atoms with Gasteiger partial charge in [-0.25, -0.2) is 4.79 Å². The lowest BCUT2D eigenvalue weighted by atomic mass is 10.2. The molecule has 0 saturated carbocycles. The Labute approximate surface area is 141 Å². The van der Waals surface area contributed by atoms with Crippen LogP contribution in [-0.2, 0) is 11.3 Å². The van der Waals surface area contributed by atoms with E-state index in [0.717, 1.165) is 25.8 Å². The van der Waals surface area contributed by atoms with Gasteiger partial charge >= 0.3 is 5.97 Å². The number of hydrogen-bond donors (Lipinski definition) is 1. The lowest BCUT2D eigenvalue weighted by molar-refractivity contribution is 0.0505. The minimum absolute atomic E-state index is 0.280. The molecule has 1 aromatic heterocycles. The summed E-state index contributed by atoms with van der Waals surface area (Å²) in [6.07, 6.45) is 0.824. The number of nitrogens with one attached hydrogen (secondary N) is 1. The smallest absolute Gasteiger partial charge is 0.338 e. The fraction of sp³-hybridized carbons (Fsp3) is 0.267. The highest BCUT2D eigenvalue weighted by molar-refractivity contribution is 9.10. The van der Waals surface area contributed by atoms with Gasteiger partial charge < -0.3 is 10.1 Å². The number of anilines is 1. The summed E-state index contributed by atoms with van der Waals surface area (Å²) in [5.41, 5.74) is 1.51. The van der Waals surface area contributed by atoms with Crippen molar-refractivity contribution >= 4 is 50.5 Å². The van der Waals surface area contributed by atoms with Crippen LogP contribution in [0.4, 0.5) is 5.69 Å². The zero-order chi connectivity index (χ0) is 15.2. The van der Waals surface area contributed by atoms with Gasteiger partial charge in [-0.15, -0.1) is 11.3 Å². The van der Waals surface area contributed by atoms with Crippen molar-refractivity contribution in [3.63, 3.8) is 0 Å². The van der Waals surface area contributed by atoms with Crippen LogP contribution < -0.4 is 5.32 Å². The van der Waals surface area contributed by atoms with E-state index in [-0.39, 0.29) is 5.97 Å². The monoisotopic (exact) mass is 387 g/mol. The zero-order valence-corrected chi connectivity index (χ0v) is 14.6. The Hall–Kier alpha value is -1.04. The first-order valence-corrected chi connectivity index (χ1v) is 8.53. The topological polar surface area (TPSA) is 38.3 Å². The number of benzene rings is 1. The highest BCUT2D eigenvalue weighted by atomic mass is 79.9. The number of carbonyl (C=O) groups excluding carboxylic acids is 1. The van der Waals surface area contributed by atoms with Gasteiger partial charge in [0.1, 0.15) is 4.34 Å². The Morgan fingerprint density at radius 1 is 1.38 bits per heavy atom. The van der Waals surface area contributed by atoms with Crippen molar-refractivity contribution in [1.29, 1.82) is 0 Å². The Balaban J connectivity index is 1.91. The molecule has 3 nitrogen and oxygen atoms in total. The van der Waals surface area contributed by atoms with Crippen LogP contribution in [0.5, 0.6) is 0 Å². The van der Waals surface area contributed by atoms with Crippen molar-refractivity contribution < 1.29 is 9.53 Å². The van der Waals surface area contributed by atoms with E-state index in [0.29, 0.717) is 18.7 Å². The summed E-state index contributed by atoms with van der Waals surface area (Å²) in [7, 11) is 0. The maximum absolute atomic E-state index is 11.7. The molecule has 0 saturated heterocycles. The van der Waals surface area contributed by atoms with Gasteiger partial charge in [-0.1, -0.05) is 18.5 Å². The molecule has 0 amide bonds. The van der Waals surface area contributed by atoms with Crippen LogP contribution >= 0.6 is 38.9 Å². The van der Waals surface area contributed by atoms with Gasteiger partial charge in [-0.05, 0) is 52.7 Å². The van der Waals surface area contributed by atoms with Crippen molar-refractivity contribution in [3.05, 3.63) is 49.6 Å². The number of ether oxygens (including phenoxy) is 1. The molecule has 2 rings (SSSR count). The Bertz CT molecular complexity index is 593. The molecule has 0 unspecified atom stereocenters. The van der Waals surface area contributed by atoms with Crippen LogP contribution in [0.25, 0.3) is 0 Å². The third kappa shape index (κ3) is 4.73. The predicted molar refractivity (Wildman–Crippen MR) is 91.4 cm³/mol. The molecule has 0 bridgehead atoms. The molecule has 2 aromatic rings. The summed E-state index contributed by atoms with van der Waals surface area (Å²) in [6.45, 7) is 3.11. The summed E-state index contributed by atoms with van der Waals surface area (Å²) < 4.78 is 6.75. The van der Waals surface area contributed by atoms with Crippen LogP contribution in [0.1, 0.15) is 28.6 Å². The van der Waals surface area contributed by atoms with E-state index in [1.54, 1.807) is 12.1 Å². The van der Waals surface area contributed by atoms with E-state index in [1.807, 2.05) is 25.1 Å². The number of carbonyl (C=O) groups is 1. The summed E-state index contributed by atoms with van der Waals surface area (Å²) in [4.78, 5) is 12.8. The molecule has 0 fully saturated rings. The zero-order valence-electron chi connectivity index (χ0n) is 11.5. The van der Waals surface area contributed by atoms with E-state index in [2.05, 4.69) is 21.2 Å². The number of thiophene rings is 1. The van der Waals surface area contributed by atoms with E-state index in [4.69, 9.17) is 16.3 Å². The normalized spacial score (nSPS) is 10.4. The minimum atomic E-state index is -0.280. The highest BCUT2D eigenvalue weighted by Crippen LogP contribution is 2.32. The fourth-order valence-electron chi connectivity index (χ4n) is 1.67. The van der Waals surface area contributed by atoms with Gasteiger partial charge in [0.15, 0.2) is 0 Å². The van der Waals surface area contributed by atoms with Gasteiger partial charge in [0, 0.05) is 21.6 Å². The van der Waals surface area contributed by atoms with Crippen LogP contribution in [-0.4, -0.2) is 12.6 Å². The Kier molecular flexibility index (Phi) is 6.08. The van der Waals surface area contributed by atoms with Crippen LogP contribution in [0.3, 0.4) is 0 Å². The molecule has 0 aliphatic rings. The average Bonchev–Trinajstić information content (AvgIpc) is 2.82. The summed E-state index contributed by atoms with van der Waals surface area (Å²) >= 11 is 10.9. The summed E-state index contributed by atoms with van der Waals surface area (Å²) in [5.74, 6) is -0.280. The van der Waals surface area contributed by atoms with Gasteiger partial charge in [0.05, 0.1) is 12.2 Å². The largest absolute Gasteiger partial charge is 0.462 e. The summed E-state index contributed by atoms with van der Waals surface area (Å²) in [5, 5.41) is 3.29. The van der Waals surface area contributed by atoms with E-state index >= 15 is 0 Å². The SMILES string of the molecule is CCCOC(=O)c1ccc(NCc2cc(Br)c(Cl)s2)cc1. The second-order valence-electron chi connectivity index (χ2n) is 4.40. The third-order valence-corrected chi connectivity index (χ3v) is 5.20. The first-order chi connectivity index (χ1) is 10.1. The molecule has 1 N–H and O–H groups in total. The van der Waals surface area contributed by atoms with Crippen molar-refractivity contribution in [2.75, 3.05) is 11.9 Å². The molecule has 0 spiro atoms. The van der Waals surface area contributed by atoms with Crippen molar-refractivity contribution in [2.24, 2.45) is 0 Å². The number of rotatable bonds is 6. The first-order valence-electron chi connectivity index (χ1n) is 6.55. The van der Waals surface area contributed by atoms with Crippen LogP contribution in [0.15, 0.2) is 34.8 Å². The van der Waals surface area contributed by atoms with Crippen molar-refractivity contribution in [2.45, 2.75) is 19.9 Å². The van der Waals surface area contributed by atoms with Crippen molar-refractivity contribution in [3.8, 4) is 0 Å². The van der Waals surface area contributed by atoms with Gasteiger partial charge in [-0.2, -0.15) is 0 Å². The van der Waals surface area contributed by atoms with Crippen molar-refractivity contribution in [1.82, 2.24) is 0 Å². The van der Waals surface area contributed by atoms with E-state index in [9.17, 15) is 4.79 Å². The molecule has 21 heavy (non-hydrogen) atoms. The molecule has 0 aliphatic heterocycles. The van der Waals surface area contributed by atoms with E-state index in [1.165, 1.54) is 11.3 Å². The van der Waals surface area contributed by atoms with Crippen LogP contribution in [0.2, 0.25) is 4.34 Å². The second kappa shape index (κ2) is 7.82. The molecular formula is C15H15BrClNO2S. The molecule has 0 atom stereocenters. The lowest BCUT2D eigenvalue weighted by Crippen LogP contribution is -2.06. The molecule has 0 aliphatic carbocycles.